The van der Waals surface area contributed by atoms with Crippen molar-refractivity contribution in [3.63, 3.8) is 0 Å². The first kappa shape index (κ1) is 18.4. The van der Waals surface area contributed by atoms with Crippen molar-refractivity contribution in [2.75, 3.05) is 0 Å². The molecule has 1 rings (SSSR count). The number of hydrogen-bond donors (Lipinski definition) is 3. The molecule has 0 amide bonds. The van der Waals surface area contributed by atoms with Crippen molar-refractivity contribution >= 4 is 5.97 Å². The van der Waals surface area contributed by atoms with Crippen LogP contribution in [0.3, 0.4) is 0 Å². The highest BCUT2D eigenvalue weighted by Gasteiger charge is 2.35. The number of ether oxygens (including phenoxy) is 2. The van der Waals surface area contributed by atoms with Crippen LogP contribution in [0.25, 0.3) is 0 Å². The van der Waals surface area contributed by atoms with Gasteiger partial charge in [-0.25, -0.2) is 0 Å². The van der Waals surface area contributed by atoms with Gasteiger partial charge in [-0.05, 0) is 26.7 Å². The van der Waals surface area contributed by atoms with E-state index in [-0.39, 0.29) is 25.0 Å². The van der Waals surface area contributed by atoms with Gasteiger partial charge in [-0.1, -0.05) is 19.3 Å². The summed E-state index contributed by atoms with van der Waals surface area (Å²) in [5.74, 6) is -0.744. The molecule has 0 aromatic carbocycles. The molecule has 0 radical (unpaired) electrons. The van der Waals surface area contributed by atoms with Crippen LogP contribution < -0.4 is 0 Å². The van der Waals surface area contributed by atoms with Crippen molar-refractivity contribution in [2.45, 2.75) is 89.5 Å². The van der Waals surface area contributed by atoms with Crippen molar-refractivity contribution in [1.29, 1.82) is 0 Å². The molecular formula is C15H28O6. The van der Waals surface area contributed by atoms with Gasteiger partial charge in [-0.15, -0.1) is 0 Å². The van der Waals surface area contributed by atoms with E-state index in [0.717, 1.165) is 25.7 Å². The summed E-state index contributed by atoms with van der Waals surface area (Å²) in [5, 5.41) is 27.9. The first-order valence-corrected chi connectivity index (χ1v) is 7.79. The fourth-order valence-electron chi connectivity index (χ4n) is 2.42. The Bertz CT molecular complexity index is 309. The van der Waals surface area contributed by atoms with Crippen LogP contribution in [-0.4, -0.2) is 52.0 Å². The van der Waals surface area contributed by atoms with E-state index in [4.69, 9.17) is 14.6 Å². The second-order valence-corrected chi connectivity index (χ2v) is 5.87. The van der Waals surface area contributed by atoms with Crippen LogP contribution >= 0.6 is 0 Å². The Kier molecular flexibility index (Phi) is 8.18. The van der Waals surface area contributed by atoms with E-state index < -0.39 is 24.5 Å². The lowest BCUT2D eigenvalue weighted by molar-refractivity contribution is -0.273. The molecule has 3 N–H and O–H groups in total. The second kappa shape index (κ2) is 9.35. The third kappa shape index (κ3) is 7.22. The minimum absolute atomic E-state index is 0.0356. The van der Waals surface area contributed by atoms with Crippen LogP contribution in [0, 0.1) is 0 Å². The number of aliphatic hydroxyl groups excluding tert-OH is 2. The zero-order valence-electron chi connectivity index (χ0n) is 12.9. The molecule has 0 aromatic heterocycles. The van der Waals surface area contributed by atoms with Crippen molar-refractivity contribution in [3.05, 3.63) is 0 Å². The van der Waals surface area contributed by atoms with Crippen LogP contribution in [0.5, 0.6) is 0 Å². The molecule has 1 aliphatic rings. The number of carboxylic acids is 1. The summed E-state index contributed by atoms with van der Waals surface area (Å²) in [5.41, 5.74) is 0. The van der Waals surface area contributed by atoms with Gasteiger partial charge in [0.05, 0.1) is 18.3 Å². The molecule has 0 aromatic rings. The molecule has 1 fully saturated rings. The Morgan fingerprint density at radius 1 is 1.24 bits per heavy atom. The fourth-order valence-corrected chi connectivity index (χ4v) is 2.42. The zero-order chi connectivity index (χ0) is 15.8. The van der Waals surface area contributed by atoms with E-state index in [1.54, 1.807) is 6.92 Å². The number of carboxylic acid groups (broad SMARTS) is 1. The molecule has 0 spiro atoms. The average Bonchev–Trinajstić information content (AvgIpc) is 2.39. The Balaban J connectivity index is 2.12. The Hall–Kier alpha value is -0.690. The van der Waals surface area contributed by atoms with Gasteiger partial charge < -0.3 is 24.8 Å². The van der Waals surface area contributed by atoms with E-state index in [0.29, 0.717) is 6.42 Å². The maximum absolute atomic E-state index is 10.4. The molecular weight excluding hydrogens is 276 g/mol. The predicted molar refractivity (Wildman–Crippen MR) is 76.9 cm³/mol. The Morgan fingerprint density at radius 3 is 2.57 bits per heavy atom. The number of rotatable bonds is 9. The van der Waals surface area contributed by atoms with E-state index >= 15 is 0 Å². The summed E-state index contributed by atoms with van der Waals surface area (Å²) in [6.45, 7) is 3.70. The molecule has 2 unspecified atom stereocenters. The summed E-state index contributed by atoms with van der Waals surface area (Å²) < 4.78 is 11.2. The van der Waals surface area contributed by atoms with Crippen molar-refractivity contribution < 1.29 is 29.6 Å². The average molecular weight is 304 g/mol. The van der Waals surface area contributed by atoms with Crippen molar-refractivity contribution in [2.24, 2.45) is 0 Å². The fraction of sp³-hybridized carbons (Fsp3) is 0.933. The number of aliphatic hydroxyl groups is 2. The lowest BCUT2D eigenvalue weighted by Crippen LogP contribution is -2.48. The van der Waals surface area contributed by atoms with Gasteiger partial charge in [0, 0.05) is 12.8 Å². The zero-order valence-corrected chi connectivity index (χ0v) is 12.9. The molecule has 1 saturated heterocycles. The monoisotopic (exact) mass is 304 g/mol. The lowest BCUT2D eigenvalue weighted by Gasteiger charge is -2.36. The van der Waals surface area contributed by atoms with Gasteiger partial charge in [0.25, 0.3) is 0 Å². The normalized spacial score (nSPS) is 31.0. The highest BCUT2D eigenvalue weighted by molar-refractivity contribution is 5.66. The molecule has 0 bridgehead atoms. The maximum atomic E-state index is 10.4. The molecule has 0 aliphatic carbocycles. The lowest BCUT2D eigenvalue weighted by atomic mass is 10.0. The minimum Gasteiger partial charge on any atom is -0.481 e. The summed E-state index contributed by atoms with van der Waals surface area (Å²) in [7, 11) is 0. The first-order valence-electron chi connectivity index (χ1n) is 7.79. The molecule has 1 heterocycles. The van der Waals surface area contributed by atoms with Gasteiger partial charge in [0.1, 0.15) is 6.10 Å². The molecule has 0 saturated carbocycles. The van der Waals surface area contributed by atoms with E-state index in [1.165, 1.54) is 0 Å². The van der Waals surface area contributed by atoms with Gasteiger partial charge in [0.15, 0.2) is 6.29 Å². The minimum atomic E-state index is -0.797. The third-order valence-electron chi connectivity index (χ3n) is 3.81. The quantitative estimate of drug-likeness (QED) is 0.561. The molecule has 5 atom stereocenters. The van der Waals surface area contributed by atoms with E-state index in [1.807, 2.05) is 6.92 Å². The summed E-state index contributed by atoms with van der Waals surface area (Å²) in [6.07, 6.45) is 2.41. The molecule has 6 heteroatoms. The summed E-state index contributed by atoms with van der Waals surface area (Å²) in [4.78, 5) is 10.4. The second-order valence-electron chi connectivity index (χ2n) is 5.87. The molecule has 21 heavy (non-hydrogen) atoms. The van der Waals surface area contributed by atoms with Crippen LogP contribution in [0.4, 0.5) is 0 Å². The van der Waals surface area contributed by atoms with Crippen LogP contribution in [0.15, 0.2) is 0 Å². The number of hydrogen-bond acceptors (Lipinski definition) is 5. The van der Waals surface area contributed by atoms with Crippen LogP contribution in [0.2, 0.25) is 0 Å². The smallest absolute Gasteiger partial charge is 0.303 e. The Labute approximate surface area is 126 Å². The SMILES string of the molecule is CC1O[C@@H](O[C@H](C)CCCCCCC(=O)O)C(O)C[C@H]1O. The van der Waals surface area contributed by atoms with Gasteiger partial charge in [0.2, 0.25) is 0 Å². The molecule has 1 aliphatic heterocycles. The van der Waals surface area contributed by atoms with Gasteiger partial charge in [-0.2, -0.15) is 0 Å². The number of carbonyl (C=O) groups is 1. The van der Waals surface area contributed by atoms with E-state index in [2.05, 4.69) is 0 Å². The topological polar surface area (TPSA) is 96.2 Å². The van der Waals surface area contributed by atoms with Gasteiger partial charge >= 0.3 is 5.97 Å². The molecule has 124 valence electrons. The summed E-state index contributed by atoms with van der Waals surface area (Å²) >= 11 is 0. The standard InChI is InChI=1S/C15H28O6/c1-10(7-5-3-4-6-8-14(18)19)20-15-13(17)9-12(16)11(2)21-15/h10-13,15-17H,3-9H2,1-2H3,(H,18,19)/t10-,11?,12-,13?,15-/m1/s1. The number of unbranched alkanes of at least 4 members (excludes halogenated alkanes) is 3. The highest BCUT2D eigenvalue weighted by atomic mass is 16.7. The van der Waals surface area contributed by atoms with Crippen molar-refractivity contribution in [3.8, 4) is 0 Å². The highest BCUT2D eigenvalue weighted by Crippen LogP contribution is 2.23. The largest absolute Gasteiger partial charge is 0.481 e. The molecule has 6 nitrogen and oxygen atoms in total. The predicted octanol–water partition coefficient (Wildman–Crippen LogP) is 1.67. The summed E-state index contributed by atoms with van der Waals surface area (Å²) in [6, 6.07) is 0. The third-order valence-corrected chi connectivity index (χ3v) is 3.81. The van der Waals surface area contributed by atoms with E-state index in [9.17, 15) is 15.0 Å². The van der Waals surface area contributed by atoms with Crippen LogP contribution in [-0.2, 0) is 14.3 Å². The maximum Gasteiger partial charge on any atom is 0.303 e. The van der Waals surface area contributed by atoms with Crippen LogP contribution in [0.1, 0.15) is 58.8 Å². The first-order chi connectivity index (χ1) is 9.90. The Morgan fingerprint density at radius 2 is 1.90 bits per heavy atom. The van der Waals surface area contributed by atoms with Crippen molar-refractivity contribution in [1.82, 2.24) is 0 Å². The number of aliphatic carboxylic acids is 1. The van der Waals surface area contributed by atoms with Gasteiger partial charge in [-0.3, -0.25) is 4.79 Å².